The van der Waals surface area contributed by atoms with E-state index >= 15 is 0 Å². The number of carbonyl (C=O) groups excluding carboxylic acids is 1. The van der Waals surface area contributed by atoms with E-state index in [2.05, 4.69) is 9.56 Å². The van der Waals surface area contributed by atoms with Crippen LogP contribution in [-0.4, -0.2) is 31.5 Å². The number of aromatic nitrogens is 1. The van der Waals surface area contributed by atoms with Crippen LogP contribution < -0.4 is 0 Å². The van der Waals surface area contributed by atoms with E-state index in [0.717, 1.165) is 46.1 Å². The minimum Gasteiger partial charge on any atom is -0.318 e. The molecule has 0 radical (unpaired) electrons. The van der Waals surface area contributed by atoms with E-state index in [9.17, 15) is 4.79 Å². The Morgan fingerprint density at radius 3 is 2.67 bits per heavy atom. The van der Waals surface area contributed by atoms with Crippen molar-refractivity contribution in [1.82, 2.24) is 9.58 Å². The lowest BCUT2D eigenvalue weighted by molar-refractivity contribution is -0.114. The summed E-state index contributed by atoms with van der Waals surface area (Å²) in [6.07, 6.45) is 7.69. The number of benzene rings is 1. The smallest absolute Gasteiger partial charge is 0.283 e. The predicted octanol–water partition coefficient (Wildman–Crippen LogP) is 6.26. The first kappa shape index (κ1) is 22.2. The van der Waals surface area contributed by atoms with Gasteiger partial charge in [0.2, 0.25) is 5.17 Å². The van der Waals surface area contributed by atoms with Crippen LogP contribution in [0, 0.1) is 32.1 Å². The Kier molecular flexibility index (Phi) is 5.79. The number of hydrazone groups is 1. The molecular weight excluding hydrogens is 454 g/mol. The lowest BCUT2D eigenvalue weighted by atomic mass is 9.90. The number of thioether (sulfide) groups is 1. The molecule has 170 valence electrons. The monoisotopic (exact) mass is 479 g/mol. The molecule has 1 aromatic heterocycles. The van der Waals surface area contributed by atoms with Crippen molar-refractivity contribution in [2.75, 3.05) is 0 Å². The largest absolute Gasteiger partial charge is 0.318 e. The third-order valence-electron chi connectivity index (χ3n) is 6.61. The summed E-state index contributed by atoms with van der Waals surface area (Å²) >= 11 is 7.71. The van der Waals surface area contributed by atoms with Crippen molar-refractivity contribution >= 4 is 51.4 Å². The number of hydrogen-bond donors (Lipinski definition) is 1. The highest BCUT2D eigenvalue weighted by molar-refractivity contribution is 8.27. The Hall–Kier alpha value is -2.64. The van der Waals surface area contributed by atoms with Crippen LogP contribution in [0.5, 0.6) is 0 Å². The van der Waals surface area contributed by atoms with Crippen LogP contribution in [0.4, 0.5) is 0 Å². The number of fused-ring (bicyclic) bond motifs is 1. The summed E-state index contributed by atoms with van der Waals surface area (Å²) in [5.74, 6) is 0.113. The van der Waals surface area contributed by atoms with Gasteiger partial charge in [0.1, 0.15) is 5.04 Å². The first-order valence-electron chi connectivity index (χ1n) is 11.3. The van der Waals surface area contributed by atoms with Gasteiger partial charge in [-0.15, -0.1) is 0 Å². The summed E-state index contributed by atoms with van der Waals surface area (Å²) in [5, 5.41) is 17.1. The molecule has 1 saturated carbocycles. The number of carbonyl (C=O) groups is 1. The molecule has 3 heterocycles. The fourth-order valence-electron chi connectivity index (χ4n) is 4.80. The Bertz CT molecular complexity index is 1270. The maximum Gasteiger partial charge on any atom is 0.283 e. The molecule has 33 heavy (non-hydrogen) atoms. The normalized spacial score (nSPS) is 20.4. The number of halogens is 1. The zero-order valence-electron chi connectivity index (χ0n) is 19.0. The van der Waals surface area contributed by atoms with Crippen molar-refractivity contribution in [1.29, 1.82) is 5.41 Å². The van der Waals surface area contributed by atoms with Crippen LogP contribution >= 0.6 is 23.4 Å². The summed E-state index contributed by atoms with van der Waals surface area (Å²) in [6, 6.07) is 7.85. The molecule has 0 bridgehead atoms. The van der Waals surface area contributed by atoms with Crippen LogP contribution in [0.3, 0.4) is 0 Å². The van der Waals surface area contributed by atoms with E-state index in [-0.39, 0.29) is 17.3 Å². The van der Waals surface area contributed by atoms with Gasteiger partial charge >= 0.3 is 0 Å². The summed E-state index contributed by atoms with van der Waals surface area (Å²) < 4.78 is 2.13. The predicted molar refractivity (Wildman–Crippen MR) is 137 cm³/mol. The molecule has 3 aliphatic rings. The Morgan fingerprint density at radius 2 is 1.91 bits per heavy atom. The zero-order valence-corrected chi connectivity index (χ0v) is 20.6. The van der Waals surface area contributed by atoms with Gasteiger partial charge in [-0.25, -0.2) is 0 Å². The van der Waals surface area contributed by atoms with E-state index < -0.39 is 0 Å². The van der Waals surface area contributed by atoms with E-state index in [0.29, 0.717) is 16.1 Å². The first-order valence-corrected chi connectivity index (χ1v) is 12.5. The van der Waals surface area contributed by atoms with E-state index in [1.807, 2.05) is 45.0 Å². The highest BCUT2D eigenvalue weighted by Crippen LogP contribution is 2.36. The summed E-state index contributed by atoms with van der Waals surface area (Å²) in [4.78, 5) is 17.2. The second-order valence-electron chi connectivity index (χ2n) is 8.89. The van der Waals surface area contributed by atoms with Crippen molar-refractivity contribution < 1.29 is 4.79 Å². The molecule has 0 spiro atoms. The van der Waals surface area contributed by atoms with Crippen molar-refractivity contribution in [3.63, 3.8) is 0 Å². The quantitative estimate of drug-likeness (QED) is 0.528. The van der Waals surface area contributed by atoms with Gasteiger partial charge in [0.05, 0.1) is 5.57 Å². The van der Waals surface area contributed by atoms with Crippen LogP contribution in [0.1, 0.15) is 54.6 Å². The average Bonchev–Trinajstić information content (AvgIpc) is 3.34. The molecule has 2 aromatic rings. The highest BCUT2D eigenvalue weighted by atomic mass is 35.5. The fourth-order valence-corrected chi connectivity index (χ4v) is 6.03. The third-order valence-corrected chi connectivity index (χ3v) is 7.91. The number of hydrogen-bond acceptors (Lipinski definition) is 4. The molecule has 0 saturated heterocycles. The molecule has 1 amide bonds. The molecule has 2 aliphatic heterocycles. The lowest BCUT2D eigenvalue weighted by Gasteiger charge is -2.20. The zero-order chi connectivity index (χ0) is 23.3. The van der Waals surface area contributed by atoms with Crippen molar-refractivity contribution in [2.45, 2.75) is 52.9 Å². The molecule has 1 fully saturated rings. The van der Waals surface area contributed by atoms with Gasteiger partial charge in [-0.2, -0.15) is 15.1 Å². The van der Waals surface area contributed by atoms with Gasteiger partial charge in [-0.1, -0.05) is 36.9 Å². The molecule has 0 atom stereocenters. The molecule has 1 aromatic carbocycles. The van der Waals surface area contributed by atoms with Gasteiger partial charge in [-0.3, -0.25) is 10.2 Å². The van der Waals surface area contributed by atoms with Gasteiger partial charge in [-0.05, 0) is 80.8 Å². The van der Waals surface area contributed by atoms with Crippen LogP contribution in [-0.2, 0) is 4.79 Å². The molecule has 6 nitrogen and oxygen atoms in total. The molecule has 1 aliphatic carbocycles. The minimum atomic E-state index is -0.386. The van der Waals surface area contributed by atoms with Crippen molar-refractivity contribution in [3.8, 4) is 5.69 Å². The Morgan fingerprint density at radius 1 is 1.15 bits per heavy atom. The minimum absolute atomic E-state index is 0.0899. The number of amides is 1. The van der Waals surface area contributed by atoms with Crippen molar-refractivity contribution in [2.24, 2.45) is 16.0 Å². The SMILES string of the molecule is Cc1ccc(Cl)cc1-n1c(C)cc(/C=C2/C(=N)N3N=C(C4CCCCC4)SC3=NC2=O)c1C. The number of amidine groups is 2. The molecule has 1 N–H and O–H groups in total. The number of nitrogens with one attached hydrogen (secondary N) is 1. The lowest BCUT2D eigenvalue weighted by Crippen LogP contribution is -2.35. The number of aliphatic imine (C=N–C) groups is 1. The second kappa shape index (κ2) is 8.61. The summed E-state index contributed by atoms with van der Waals surface area (Å²) in [7, 11) is 0. The first-order chi connectivity index (χ1) is 15.8. The van der Waals surface area contributed by atoms with Crippen LogP contribution in [0.15, 0.2) is 39.9 Å². The number of aryl methyl sites for hydroxylation is 2. The maximum absolute atomic E-state index is 12.9. The summed E-state index contributed by atoms with van der Waals surface area (Å²) in [5.41, 5.74) is 5.25. The molecular formula is C25H26ClN5OS. The standard InChI is InChI=1S/C25H26ClN5OS/c1-14-9-10-19(26)13-21(14)30-15(2)11-18(16(30)3)12-20-22(27)31-25(28-23(20)32)33-24(29-31)17-7-5-4-6-8-17/h9-13,17,27H,4-8H2,1-3H3/b20-12-,27-22?. The molecule has 0 unspecified atom stereocenters. The number of nitrogens with zero attached hydrogens (tertiary/aromatic N) is 4. The van der Waals surface area contributed by atoms with Gasteiger partial charge in [0.25, 0.3) is 5.91 Å². The topological polar surface area (TPSA) is 73.8 Å². The Balaban J connectivity index is 1.49. The third kappa shape index (κ3) is 3.97. The van der Waals surface area contributed by atoms with Crippen molar-refractivity contribution in [3.05, 3.63) is 57.4 Å². The number of rotatable bonds is 3. The average molecular weight is 480 g/mol. The molecule has 8 heteroatoms. The fraction of sp³-hybridized carbons (Fsp3) is 0.360. The second-order valence-corrected chi connectivity index (χ2v) is 10.3. The van der Waals surface area contributed by atoms with E-state index in [1.165, 1.54) is 36.0 Å². The maximum atomic E-state index is 12.9. The van der Waals surface area contributed by atoms with Crippen LogP contribution in [0.2, 0.25) is 5.02 Å². The molecule has 5 rings (SSSR count). The summed E-state index contributed by atoms with van der Waals surface area (Å²) in [6.45, 7) is 6.08. The Labute approximate surface area is 202 Å². The van der Waals surface area contributed by atoms with Gasteiger partial charge in [0.15, 0.2) is 5.84 Å². The van der Waals surface area contributed by atoms with Gasteiger partial charge < -0.3 is 4.57 Å². The van der Waals surface area contributed by atoms with E-state index in [1.54, 1.807) is 6.08 Å². The van der Waals surface area contributed by atoms with Crippen LogP contribution in [0.25, 0.3) is 11.8 Å². The van der Waals surface area contributed by atoms with E-state index in [4.69, 9.17) is 22.1 Å². The van der Waals surface area contributed by atoms with Gasteiger partial charge in [0, 0.05) is 28.0 Å². The highest BCUT2D eigenvalue weighted by Gasteiger charge is 2.38.